The number of fused-ring (bicyclic) bond motifs is 1. The van der Waals surface area contributed by atoms with Crippen LogP contribution in [0.5, 0.6) is 0 Å². The van der Waals surface area contributed by atoms with Crippen LogP contribution in [0.1, 0.15) is 59.3 Å². The van der Waals surface area contributed by atoms with E-state index in [0.29, 0.717) is 11.5 Å². The molecule has 1 nitrogen and oxygen atoms in total. The third-order valence-electron chi connectivity index (χ3n) is 4.69. The van der Waals surface area contributed by atoms with Crippen molar-refractivity contribution in [2.24, 2.45) is 17.3 Å². The number of rotatable bonds is 3. The van der Waals surface area contributed by atoms with Crippen molar-refractivity contribution < 1.29 is 4.74 Å². The minimum absolute atomic E-state index is 0.585. The van der Waals surface area contributed by atoms with Gasteiger partial charge >= 0.3 is 0 Å². The first-order valence-electron chi connectivity index (χ1n) is 6.76. The predicted molar refractivity (Wildman–Crippen MR) is 63.9 cm³/mol. The zero-order valence-electron chi connectivity index (χ0n) is 10.6. The largest absolute Gasteiger partial charge is 0.378 e. The Labute approximate surface area is 94.6 Å². The van der Waals surface area contributed by atoms with E-state index < -0.39 is 0 Å². The quantitative estimate of drug-likeness (QED) is 0.683. The van der Waals surface area contributed by atoms with E-state index in [1.807, 2.05) is 0 Å². The van der Waals surface area contributed by atoms with Gasteiger partial charge in [-0.1, -0.05) is 33.6 Å². The van der Waals surface area contributed by atoms with E-state index in [4.69, 9.17) is 4.74 Å². The Morgan fingerprint density at radius 1 is 1.40 bits per heavy atom. The molecule has 1 aliphatic heterocycles. The molecule has 0 N–H and O–H groups in total. The van der Waals surface area contributed by atoms with Gasteiger partial charge in [-0.05, 0) is 42.9 Å². The molecule has 0 amide bonds. The molecule has 1 heteroatoms. The van der Waals surface area contributed by atoms with Gasteiger partial charge in [0.25, 0.3) is 0 Å². The third kappa shape index (κ3) is 2.38. The van der Waals surface area contributed by atoms with Gasteiger partial charge in [-0.15, -0.1) is 0 Å². The van der Waals surface area contributed by atoms with E-state index in [1.54, 1.807) is 0 Å². The topological polar surface area (TPSA) is 9.23 Å². The van der Waals surface area contributed by atoms with E-state index >= 15 is 0 Å². The van der Waals surface area contributed by atoms with E-state index in [1.165, 1.54) is 38.5 Å². The summed E-state index contributed by atoms with van der Waals surface area (Å²) >= 11 is 0. The molecule has 15 heavy (non-hydrogen) atoms. The van der Waals surface area contributed by atoms with Gasteiger partial charge in [0.1, 0.15) is 0 Å². The molecular weight excluding hydrogens is 184 g/mol. The Bertz CT molecular complexity index is 213. The monoisotopic (exact) mass is 210 g/mol. The van der Waals surface area contributed by atoms with Crippen LogP contribution in [-0.2, 0) is 4.74 Å². The first kappa shape index (κ1) is 11.4. The van der Waals surface area contributed by atoms with Crippen LogP contribution in [0.3, 0.4) is 0 Å². The zero-order valence-corrected chi connectivity index (χ0v) is 10.6. The van der Waals surface area contributed by atoms with Crippen molar-refractivity contribution in [2.75, 3.05) is 6.61 Å². The van der Waals surface area contributed by atoms with Gasteiger partial charge in [0, 0.05) is 6.61 Å². The highest BCUT2D eigenvalue weighted by Crippen LogP contribution is 2.48. The number of hydrogen-bond donors (Lipinski definition) is 0. The Morgan fingerprint density at radius 3 is 2.93 bits per heavy atom. The molecule has 0 aromatic carbocycles. The van der Waals surface area contributed by atoms with Crippen LogP contribution < -0.4 is 0 Å². The van der Waals surface area contributed by atoms with Gasteiger partial charge in [0.2, 0.25) is 0 Å². The van der Waals surface area contributed by atoms with Gasteiger partial charge in [-0.2, -0.15) is 0 Å². The van der Waals surface area contributed by atoms with Crippen molar-refractivity contribution in [3.8, 4) is 0 Å². The maximum absolute atomic E-state index is 5.94. The SMILES string of the molecule is CCCCC1(C)CCC2C(C)COC2C1. The lowest BCUT2D eigenvalue weighted by atomic mass is 9.66. The molecule has 88 valence electrons. The fraction of sp³-hybridized carbons (Fsp3) is 1.00. The molecule has 0 radical (unpaired) electrons. The normalized spacial score (nSPS) is 45.4. The zero-order chi connectivity index (χ0) is 10.9. The van der Waals surface area contributed by atoms with Crippen molar-refractivity contribution in [3.63, 3.8) is 0 Å². The number of ether oxygens (including phenoxy) is 1. The lowest BCUT2D eigenvalue weighted by Crippen LogP contribution is -2.34. The van der Waals surface area contributed by atoms with Crippen LogP contribution in [-0.4, -0.2) is 12.7 Å². The van der Waals surface area contributed by atoms with Crippen LogP contribution >= 0.6 is 0 Å². The average Bonchev–Trinajstić information content (AvgIpc) is 2.57. The average molecular weight is 210 g/mol. The summed E-state index contributed by atoms with van der Waals surface area (Å²) in [7, 11) is 0. The van der Waals surface area contributed by atoms with E-state index in [0.717, 1.165) is 18.4 Å². The fourth-order valence-electron chi connectivity index (χ4n) is 3.50. The van der Waals surface area contributed by atoms with Crippen molar-refractivity contribution >= 4 is 0 Å². The lowest BCUT2D eigenvalue weighted by Gasteiger charge is -2.40. The molecule has 0 spiro atoms. The molecule has 1 aliphatic carbocycles. The minimum Gasteiger partial charge on any atom is -0.378 e. The van der Waals surface area contributed by atoms with Crippen LogP contribution in [0.2, 0.25) is 0 Å². The Morgan fingerprint density at radius 2 is 2.20 bits per heavy atom. The van der Waals surface area contributed by atoms with Crippen LogP contribution in [0, 0.1) is 17.3 Å². The summed E-state index contributed by atoms with van der Waals surface area (Å²) in [6.07, 6.45) is 8.89. The molecule has 2 rings (SSSR count). The second kappa shape index (κ2) is 4.45. The van der Waals surface area contributed by atoms with E-state index in [9.17, 15) is 0 Å². The molecule has 4 atom stereocenters. The molecule has 4 unspecified atom stereocenters. The molecule has 2 aliphatic rings. The first-order valence-corrected chi connectivity index (χ1v) is 6.76. The highest BCUT2D eigenvalue weighted by molar-refractivity contribution is 4.92. The Hall–Kier alpha value is -0.0400. The second-order valence-corrected chi connectivity index (χ2v) is 6.17. The van der Waals surface area contributed by atoms with Gasteiger partial charge in [0.15, 0.2) is 0 Å². The standard InChI is InChI=1S/C14H26O/c1-4-5-7-14(3)8-6-12-11(2)10-15-13(12)9-14/h11-13H,4-10H2,1-3H3. The highest BCUT2D eigenvalue weighted by atomic mass is 16.5. The van der Waals surface area contributed by atoms with Crippen LogP contribution in [0.25, 0.3) is 0 Å². The maximum Gasteiger partial charge on any atom is 0.0612 e. The summed E-state index contributed by atoms with van der Waals surface area (Å²) in [4.78, 5) is 0. The maximum atomic E-state index is 5.94. The summed E-state index contributed by atoms with van der Waals surface area (Å²) in [5.74, 6) is 1.69. The smallest absolute Gasteiger partial charge is 0.0612 e. The molecule has 1 saturated heterocycles. The van der Waals surface area contributed by atoms with E-state index in [-0.39, 0.29) is 0 Å². The molecule has 0 aromatic rings. The minimum atomic E-state index is 0.585. The van der Waals surface area contributed by atoms with Crippen LogP contribution in [0.4, 0.5) is 0 Å². The highest BCUT2D eigenvalue weighted by Gasteiger charge is 2.43. The Balaban J connectivity index is 1.92. The summed E-state index contributed by atoms with van der Waals surface area (Å²) in [6, 6.07) is 0. The lowest BCUT2D eigenvalue weighted by molar-refractivity contribution is 0.00951. The van der Waals surface area contributed by atoms with Crippen molar-refractivity contribution in [3.05, 3.63) is 0 Å². The number of hydrogen-bond acceptors (Lipinski definition) is 1. The number of unbranched alkanes of at least 4 members (excludes halogenated alkanes) is 1. The van der Waals surface area contributed by atoms with Gasteiger partial charge in [-0.3, -0.25) is 0 Å². The first-order chi connectivity index (χ1) is 7.14. The Kier molecular flexibility index (Phi) is 3.39. The molecule has 2 fully saturated rings. The third-order valence-corrected chi connectivity index (χ3v) is 4.69. The van der Waals surface area contributed by atoms with Crippen molar-refractivity contribution in [2.45, 2.75) is 65.4 Å². The fourth-order valence-corrected chi connectivity index (χ4v) is 3.50. The molecular formula is C14H26O. The molecule has 1 heterocycles. The summed E-state index contributed by atoms with van der Waals surface area (Å²) in [5.41, 5.74) is 0.585. The summed E-state index contributed by atoms with van der Waals surface area (Å²) in [5, 5.41) is 0. The van der Waals surface area contributed by atoms with Crippen molar-refractivity contribution in [1.82, 2.24) is 0 Å². The van der Waals surface area contributed by atoms with Gasteiger partial charge in [0.05, 0.1) is 6.10 Å². The molecule has 0 bridgehead atoms. The van der Waals surface area contributed by atoms with Gasteiger partial charge < -0.3 is 4.74 Å². The predicted octanol–water partition coefficient (Wildman–Crippen LogP) is 4.02. The molecule has 0 aromatic heterocycles. The van der Waals surface area contributed by atoms with Crippen molar-refractivity contribution in [1.29, 1.82) is 0 Å². The second-order valence-electron chi connectivity index (χ2n) is 6.17. The summed E-state index contributed by atoms with van der Waals surface area (Å²) in [6.45, 7) is 8.15. The van der Waals surface area contributed by atoms with Crippen LogP contribution in [0.15, 0.2) is 0 Å². The van der Waals surface area contributed by atoms with E-state index in [2.05, 4.69) is 20.8 Å². The molecule has 1 saturated carbocycles. The van der Waals surface area contributed by atoms with Gasteiger partial charge in [-0.25, -0.2) is 0 Å². The summed E-state index contributed by atoms with van der Waals surface area (Å²) < 4.78 is 5.94.